The normalized spacial score (nSPS) is 11.6. The van der Waals surface area contributed by atoms with Crippen molar-refractivity contribution in [2.24, 2.45) is 0 Å². The van der Waals surface area contributed by atoms with Crippen molar-refractivity contribution in [2.45, 2.75) is 0 Å². The van der Waals surface area contributed by atoms with Crippen molar-refractivity contribution in [3.63, 3.8) is 0 Å². The van der Waals surface area contributed by atoms with Gasteiger partial charge in [0, 0.05) is 49.7 Å². The molecule has 0 atom stereocenters. The number of hydrogen-bond donors (Lipinski definition) is 0. The van der Waals surface area contributed by atoms with Gasteiger partial charge in [-0.1, -0.05) is 152 Å². The molecule has 10 aromatic carbocycles. The minimum Gasteiger partial charge on any atom is -0.455 e. The van der Waals surface area contributed by atoms with Gasteiger partial charge in [-0.15, -0.1) is 0 Å². The van der Waals surface area contributed by atoms with Gasteiger partial charge in [0.25, 0.3) is 0 Å². The SMILES string of the molecule is c1ccc(-c2ccc(N(c3ccc(-c4ccccc4)cc3)c3ccc(-c4ccc5c(c4)c4ccccc4n5-c4ccc5oc6c7ccccc7ccc6c5c4)cc3)cc2)cc1. The minimum absolute atomic E-state index is 0.897. The standard InChI is InChI=1S/C58H38N2O/c1-3-11-39(12-4-1)41-19-27-46(28-20-41)59(47-29-21-42(22-30-47)40-13-5-2-6-14-40)48-31-23-43(24-32-48)45-26-35-56-53(37-45)51-17-9-10-18-55(51)60(56)49-33-36-57-54(38-49)52-34-25-44-15-7-8-16-50(44)58(52)61-57/h1-38H. The van der Waals surface area contributed by atoms with Crippen molar-refractivity contribution in [1.82, 2.24) is 4.57 Å². The van der Waals surface area contributed by atoms with Gasteiger partial charge in [0.2, 0.25) is 0 Å². The molecule has 0 aliphatic carbocycles. The maximum atomic E-state index is 6.48. The quantitative estimate of drug-likeness (QED) is 0.161. The molecule has 3 nitrogen and oxygen atoms in total. The molecule has 0 aliphatic rings. The van der Waals surface area contributed by atoms with Crippen molar-refractivity contribution in [1.29, 1.82) is 0 Å². The third-order valence-corrected chi connectivity index (χ3v) is 12.2. The van der Waals surface area contributed by atoms with Crippen LogP contribution in [0, 0.1) is 0 Å². The average Bonchev–Trinajstić information content (AvgIpc) is 3.88. The molecule has 12 rings (SSSR count). The van der Waals surface area contributed by atoms with E-state index in [1.165, 1.54) is 60.6 Å². The first-order valence-corrected chi connectivity index (χ1v) is 20.8. The van der Waals surface area contributed by atoms with Gasteiger partial charge >= 0.3 is 0 Å². The Bertz CT molecular complexity index is 3460. The van der Waals surface area contributed by atoms with E-state index in [2.05, 4.69) is 240 Å². The molecule has 0 radical (unpaired) electrons. The zero-order valence-electron chi connectivity index (χ0n) is 33.2. The lowest BCUT2D eigenvalue weighted by Gasteiger charge is -2.26. The first-order valence-electron chi connectivity index (χ1n) is 20.8. The highest BCUT2D eigenvalue weighted by Crippen LogP contribution is 2.41. The van der Waals surface area contributed by atoms with Gasteiger partial charge in [0.1, 0.15) is 11.2 Å². The van der Waals surface area contributed by atoms with Crippen LogP contribution in [-0.4, -0.2) is 4.57 Å². The van der Waals surface area contributed by atoms with E-state index in [0.717, 1.165) is 50.1 Å². The van der Waals surface area contributed by atoms with Crippen molar-refractivity contribution < 1.29 is 4.42 Å². The van der Waals surface area contributed by atoms with E-state index in [0.29, 0.717) is 0 Å². The highest BCUT2D eigenvalue weighted by Gasteiger charge is 2.18. The zero-order valence-corrected chi connectivity index (χ0v) is 33.2. The number of para-hydroxylation sites is 1. The number of hydrogen-bond acceptors (Lipinski definition) is 2. The van der Waals surface area contributed by atoms with Gasteiger partial charge in [-0.05, 0) is 118 Å². The predicted molar refractivity (Wildman–Crippen MR) is 257 cm³/mol. The molecule has 0 unspecified atom stereocenters. The Morgan fingerprint density at radius 1 is 0.311 bits per heavy atom. The molecular weight excluding hydrogens is 741 g/mol. The fourth-order valence-electron chi connectivity index (χ4n) is 9.18. The van der Waals surface area contributed by atoms with Crippen LogP contribution in [0.5, 0.6) is 0 Å². The van der Waals surface area contributed by atoms with Crippen molar-refractivity contribution in [3.05, 3.63) is 231 Å². The second-order valence-electron chi connectivity index (χ2n) is 15.7. The number of benzene rings is 10. The lowest BCUT2D eigenvalue weighted by molar-refractivity contribution is 0.672. The van der Waals surface area contributed by atoms with Crippen molar-refractivity contribution in [3.8, 4) is 39.1 Å². The monoisotopic (exact) mass is 778 g/mol. The van der Waals surface area contributed by atoms with Crippen molar-refractivity contribution in [2.75, 3.05) is 4.90 Å². The predicted octanol–water partition coefficient (Wildman–Crippen LogP) is 16.3. The summed E-state index contributed by atoms with van der Waals surface area (Å²) in [5.41, 5.74) is 15.7. The van der Waals surface area contributed by atoms with Gasteiger partial charge < -0.3 is 13.9 Å². The Morgan fingerprint density at radius 2 is 0.820 bits per heavy atom. The van der Waals surface area contributed by atoms with E-state index < -0.39 is 0 Å². The molecule has 0 bridgehead atoms. The van der Waals surface area contributed by atoms with E-state index in [1.807, 2.05) is 0 Å². The van der Waals surface area contributed by atoms with Gasteiger partial charge in [0.15, 0.2) is 0 Å². The van der Waals surface area contributed by atoms with Crippen LogP contribution in [0.3, 0.4) is 0 Å². The highest BCUT2D eigenvalue weighted by atomic mass is 16.3. The highest BCUT2D eigenvalue weighted by molar-refractivity contribution is 6.16. The van der Waals surface area contributed by atoms with Crippen LogP contribution in [0.1, 0.15) is 0 Å². The molecule has 61 heavy (non-hydrogen) atoms. The summed E-state index contributed by atoms with van der Waals surface area (Å²) in [4.78, 5) is 2.34. The molecule has 0 N–H and O–H groups in total. The maximum Gasteiger partial charge on any atom is 0.143 e. The first kappa shape index (κ1) is 34.9. The van der Waals surface area contributed by atoms with E-state index in [-0.39, 0.29) is 0 Å². The van der Waals surface area contributed by atoms with E-state index in [1.54, 1.807) is 0 Å². The summed E-state index contributed by atoms with van der Waals surface area (Å²) >= 11 is 0. The summed E-state index contributed by atoms with van der Waals surface area (Å²) < 4.78 is 8.87. The third-order valence-electron chi connectivity index (χ3n) is 12.2. The van der Waals surface area contributed by atoms with Gasteiger partial charge in [-0.2, -0.15) is 0 Å². The Hall–Kier alpha value is -8.14. The third kappa shape index (κ3) is 5.98. The second-order valence-corrected chi connectivity index (χ2v) is 15.7. The summed E-state index contributed by atoms with van der Waals surface area (Å²) in [6.07, 6.45) is 0. The Morgan fingerprint density at radius 3 is 1.46 bits per heavy atom. The molecule has 0 amide bonds. The molecule has 12 aromatic rings. The van der Waals surface area contributed by atoms with Gasteiger partial charge in [0.05, 0.1) is 11.0 Å². The number of nitrogens with zero attached hydrogens (tertiary/aromatic N) is 2. The fraction of sp³-hybridized carbons (Fsp3) is 0. The molecule has 0 fully saturated rings. The minimum atomic E-state index is 0.897. The second kappa shape index (κ2) is 14.3. The molecule has 2 aromatic heterocycles. The Balaban J connectivity index is 0.925. The molecule has 0 spiro atoms. The van der Waals surface area contributed by atoms with E-state index in [4.69, 9.17) is 4.42 Å². The average molecular weight is 779 g/mol. The smallest absolute Gasteiger partial charge is 0.143 e. The van der Waals surface area contributed by atoms with Crippen LogP contribution in [0.25, 0.3) is 93.6 Å². The summed E-state index contributed by atoms with van der Waals surface area (Å²) in [5.74, 6) is 0. The lowest BCUT2D eigenvalue weighted by atomic mass is 10.0. The number of rotatable bonds is 7. The number of aromatic nitrogens is 1. The van der Waals surface area contributed by atoms with Crippen LogP contribution >= 0.6 is 0 Å². The summed E-state index contributed by atoms with van der Waals surface area (Å²) in [6.45, 7) is 0. The van der Waals surface area contributed by atoms with Crippen LogP contribution < -0.4 is 4.90 Å². The number of anilines is 3. The van der Waals surface area contributed by atoms with E-state index >= 15 is 0 Å². The number of furan rings is 1. The van der Waals surface area contributed by atoms with Gasteiger partial charge in [-0.3, -0.25) is 0 Å². The molecule has 286 valence electrons. The molecule has 0 aliphatic heterocycles. The largest absolute Gasteiger partial charge is 0.455 e. The fourth-order valence-corrected chi connectivity index (χ4v) is 9.18. The van der Waals surface area contributed by atoms with Crippen LogP contribution in [0.15, 0.2) is 235 Å². The summed E-state index contributed by atoms with van der Waals surface area (Å²) in [7, 11) is 0. The van der Waals surface area contributed by atoms with Crippen molar-refractivity contribution >= 4 is 71.6 Å². The molecule has 2 heterocycles. The molecule has 0 saturated carbocycles. The van der Waals surface area contributed by atoms with Gasteiger partial charge in [-0.25, -0.2) is 0 Å². The maximum absolute atomic E-state index is 6.48. The topological polar surface area (TPSA) is 21.3 Å². The van der Waals surface area contributed by atoms with Crippen LogP contribution in [-0.2, 0) is 0 Å². The van der Waals surface area contributed by atoms with Crippen LogP contribution in [0.2, 0.25) is 0 Å². The van der Waals surface area contributed by atoms with E-state index in [9.17, 15) is 0 Å². The summed E-state index contributed by atoms with van der Waals surface area (Å²) in [6, 6.07) is 82.9. The molecule has 3 heteroatoms. The first-order chi connectivity index (χ1) is 30.2. The lowest BCUT2D eigenvalue weighted by Crippen LogP contribution is -2.09. The Kier molecular flexibility index (Phi) is 8.17. The number of fused-ring (bicyclic) bond motifs is 8. The molecular formula is C58H38N2O. The van der Waals surface area contributed by atoms with Crippen LogP contribution in [0.4, 0.5) is 17.1 Å². The summed E-state index contributed by atoms with van der Waals surface area (Å²) in [5, 5.41) is 7.02. The molecule has 0 saturated heterocycles. The zero-order chi connectivity index (χ0) is 40.3. The Labute approximate surface area is 353 Å².